The van der Waals surface area contributed by atoms with E-state index in [4.69, 9.17) is 14.2 Å². The van der Waals surface area contributed by atoms with Crippen LogP contribution in [0.1, 0.15) is 168 Å². The monoisotopic (exact) mass is 851 g/mol. The van der Waals surface area contributed by atoms with E-state index < -0.39 is 18.1 Å². The summed E-state index contributed by atoms with van der Waals surface area (Å²) in [6.45, 7) is 4.52. The molecule has 0 heterocycles. The summed E-state index contributed by atoms with van der Waals surface area (Å²) in [7, 11) is 5.50. The van der Waals surface area contributed by atoms with Gasteiger partial charge in [-0.15, -0.1) is 0 Å². The predicted octanol–water partition coefficient (Wildman–Crippen LogP) is 13.5. The minimum Gasteiger partial charge on any atom is -0.477 e. The van der Waals surface area contributed by atoms with Crippen molar-refractivity contribution in [2.24, 2.45) is 0 Å². The van der Waals surface area contributed by atoms with E-state index in [1.165, 1.54) is 44.9 Å². The molecule has 0 fully saturated rings. The van der Waals surface area contributed by atoms with E-state index in [9.17, 15) is 19.5 Å². The maximum absolute atomic E-state index is 12.8. The number of carbonyl (C=O) groups excluding carboxylic acids is 2. The molecule has 0 radical (unpaired) electrons. The third-order valence-corrected chi connectivity index (χ3v) is 9.97. The Labute approximate surface area is 373 Å². The van der Waals surface area contributed by atoms with Gasteiger partial charge in [-0.25, -0.2) is 4.79 Å². The lowest BCUT2D eigenvalue weighted by Gasteiger charge is -2.31. The van der Waals surface area contributed by atoms with Gasteiger partial charge < -0.3 is 23.8 Å². The van der Waals surface area contributed by atoms with Gasteiger partial charge in [0.15, 0.2) is 12.1 Å². The van der Waals surface area contributed by atoms with Crippen LogP contribution in [0.15, 0.2) is 97.2 Å². The maximum atomic E-state index is 12.8. The Morgan fingerprint density at radius 1 is 0.508 bits per heavy atom. The number of likely N-dealkylation sites (N-methyl/N-ethyl adjacent to an activating group) is 1. The Hall–Kier alpha value is -3.75. The van der Waals surface area contributed by atoms with Crippen molar-refractivity contribution in [1.82, 2.24) is 0 Å². The summed E-state index contributed by atoms with van der Waals surface area (Å²) < 4.78 is 17.2. The van der Waals surface area contributed by atoms with Gasteiger partial charge in [0.2, 0.25) is 0 Å². The predicted molar refractivity (Wildman–Crippen MR) is 256 cm³/mol. The van der Waals surface area contributed by atoms with E-state index in [0.29, 0.717) is 12.8 Å². The summed E-state index contributed by atoms with van der Waals surface area (Å²) in [5.74, 6) is -1.58. The normalized spacial score (nSPS) is 13.8. The molecule has 0 amide bonds. The SMILES string of the molecule is CC/C=C/C/C=C/C/C=C/C/C=C/C/C=C/CCCCCCC(=O)OC(COCCC(C(=O)O)[N+](C)(C)C)COC(=O)CCC/C=C/C/C=C/C/C=C/CCCCCCCC. The molecule has 2 unspecified atom stereocenters. The van der Waals surface area contributed by atoms with Gasteiger partial charge in [0.05, 0.1) is 34.4 Å². The lowest BCUT2D eigenvalue weighted by atomic mass is 10.1. The second-order valence-electron chi connectivity index (χ2n) is 16.6. The number of quaternary nitrogens is 1. The minimum atomic E-state index is -0.890. The van der Waals surface area contributed by atoms with Crippen molar-refractivity contribution in [2.45, 2.75) is 180 Å². The second kappa shape index (κ2) is 42.9. The van der Waals surface area contributed by atoms with Gasteiger partial charge in [0.1, 0.15) is 6.61 Å². The number of aliphatic carboxylic acids is 1. The lowest BCUT2D eigenvalue weighted by Crippen LogP contribution is -2.50. The third kappa shape index (κ3) is 41.4. The summed E-state index contributed by atoms with van der Waals surface area (Å²) in [5, 5.41) is 9.64. The highest BCUT2D eigenvalue weighted by Crippen LogP contribution is 2.12. The molecule has 0 saturated carbocycles. The van der Waals surface area contributed by atoms with Gasteiger partial charge in [0, 0.05) is 19.3 Å². The molecule has 0 aromatic rings. The van der Waals surface area contributed by atoms with Crippen LogP contribution >= 0.6 is 0 Å². The molecular weight excluding hydrogens is 763 g/mol. The molecule has 0 aliphatic rings. The zero-order valence-corrected chi connectivity index (χ0v) is 39.3. The van der Waals surface area contributed by atoms with Crippen molar-refractivity contribution in [3.63, 3.8) is 0 Å². The van der Waals surface area contributed by atoms with Crippen molar-refractivity contribution in [1.29, 1.82) is 0 Å². The molecule has 0 aliphatic carbocycles. The van der Waals surface area contributed by atoms with Crippen LogP contribution in [0.5, 0.6) is 0 Å². The Balaban J connectivity index is 4.46. The molecule has 0 aromatic heterocycles. The molecule has 0 aliphatic heterocycles. The van der Waals surface area contributed by atoms with Crippen LogP contribution < -0.4 is 0 Å². The Bertz CT molecular complexity index is 1310. The molecule has 0 bridgehead atoms. The number of carboxylic acid groups (broad SMARTS) is 1. The van der Waals surface area contributed by atoms with E-state index in [-0.39, 0.29) is 49.1 Å². The number of nitrogens with zero attached hydrogens (tertiary/aromatic N) is 1. The number of allylic oxidation sites excluding steroid dienone is 16. The van der Waals surface area contributed by atoms with Crippen molar-refractivity contribution in [3.05, 3.63) is 97.2 Å². The van der Waals surface area contributed by atoms with Crippen molar-refractivity contribution in [2.75, 3.05) is 41.0 Å². The number of carboxylic acids is 1. The molecule has 61 heavy (non-hydrogen) atoms. The fourth-order valence-corrected chi connectivity index (χ4v) is 6.31. The molecule has 2 atom stereocenters. The number of unbranched alkanes of at least 4 members (excludes halogenated alkanes) is 11. The molecule has 0 saturated heterocycles. The summed E-state index contributed by atoms with van der Waals surface area (Å²) in [5.41, 5.74) is 0. The highest BCUT2D eigenvalue weighted by Gasteiger charge is 2.31. The number of carbonyl (C=O) groups is 3. The number of ether oxygens (including phenoxy) is 3. The Kier molecular flexibility index (Phi) is 40.3. The zero-order chi connectivity index (χ0) is 44.9. The van der Waals surface area contributed by atoms with Gasteiger partial charge in [-0.1, -0.05) is 156 Å². The Morgan fingerprint density at radius 2 is 0.934 bits per heavy atom. The second-order valence-corrected chi connectivity index (χ2v) is 16.6. The highest BCUT2D eigenvalue weighted by atomic mass is 16.6. The molecule has 0 aromatic carbocycles. The summed E-state index contributed by atoms with van der Waals surface area (Å²) in [6, 6.07) is -0.633. The molecule has 346 valence electrons. The summed E-state index contributed by atoms with van der Waals surface area (Å²) in [6.07, 6.45) is 57.5. The van der Waals surface area contributed by atoms with Gasteiger partial charge in [-0.2, -0.15) is 0 Å². The van der Waals surface area contributed by atoms with E-state index in [1.54, 1.807) is 0 Å². The quantitative estimate of drug-likeness (QED) is 0.0283. The standard InChI is InChI=1S/C53H87NO7/c1-6-8-10-12-14-16-18-20-22-24-25-26-28-30-32-34-36-38-40-42-44-52(56)61-49(47-59-46-45-50(53(57)58)54(3,4)5)48-60-51(55)43-41-39-37-35-33-31-29-27-23-21-19-17-15-13-11-9-7-2/h8,10,14,16,20-23,25-26,29-32,35,37,49-50H,6-7,9,11-13,15,17-19,24,27-28,33-34,36,38-48H2,1-5H3/p+1/b10-8+,16-14+,22-20+,23-21+,26-25+,31-29+,32-30+,37-35+. The molecule has 8 nitrogen and oxygen atoms in total. The first-order valence-corrected chi connectivity index (χ1v) is 23.8. The van der Waals surface area contributed by atoms with E-state index in [1.807, 2.05) is 21.1 Å². The van der Waals surface area contributed by atoms with Gasteiger partial charge in [-0.3, -0.25) is 9.59 Å². The number of hydrogen-bond acceptors (Lipinski definition) is 6. The van der Waals surface area contributed by atoms with Crippen molar-refractivity contribution >= 4 is 17.9 Å². The first-order chi connectivity index (χ1) is 29.6. The first-order valence-electron chi connectivity index (χ1n) is 23.8. The van der Waals surface area contributed by atoms with Crippen LogP contribution in [0.3, 0.4) is 0 Å². The van der Waals surface area contributed by atoms with Gasteiger partial charge in [0.25, 0.3) is 0 Å². The number of rotatable bonds is 41. The first kappa shape index (κ1) is 57.2. The zero-order valence-electron chi connectivity index (χ0n) is 39.3. The minimum absolute atomic E-state index is 0.0287. The van der Waals surface area contributed by atoms with Crippen LogP contribution in [-0.2, 0) is 28.6 Å². The van der Waals surface area contributed by atoms with Crippen LogP contribution in [0.2, 0.25) is 0 Å². The third-order valence-electron chi connectivity index (χ3n) is 9.97. The topological polar surface area (TPSA) is 99.1 Å². The molecule has 0 rings (SSSR count). The maximum Gasteiger partial charge on any atom is 0.362 e. The van der Waals surface area contributed by atoms with Crippen molar-refractivity contribution < 1.29 is 38.2 Å². The van der Waals surface area contributed by atoms with Crippen LogP contribution in [0, 0.1) is 0 Å². The fraction of sp³-hybridized carbons (Fsp3) is 0.642. The van der Waals surface area contributed by atoms with Crippen LogP contribution in [-0.4, -0.2) is 80.6 Å². The average Bonchev–Trinajstić information content (AvgIpc) is 3.22. The largest absolute Gasteiger partial charge is 0.477 e. The molecular formula is C53H88NO7+. The van der Waals surface area contributed by atoms with Crippen LogP contribution in [0.4, 0.5) is 0 Å². The summed E-state index contributed by atoms with van der Waals surface area (Å²) >= 11 is 0. The van der Waals surface area contributed by atoms with E-state index in [2.05, 4.69) is 111 Å². The molecule has 1 N–H and O–H groups in total. The van der Waals surface area contributed by atoms with Crippen LogP contribution in [0.25, 0.3) is 0 Å². The molecule has 0 spiro atoms. The van der Waals surface area contributed by atoms with E-state index >= 15 is 0 Å². The van der Waals surface area contributed by atoms with E-state index in [0.717, 1.165) is 83.5 Å². The number of esters is 2. The van der Waals surface area contributed by atoms with Gasteiger partial charge >= 0.3 is 17.9 Å². The average molecular weight is 851 g/mol. The summed E-state index contributed by atoms with van der Waals surface area (Å²) in [4.78, 5) is 37.1. The fourth-order valence-electron chi connectivity index (χ4n) is 6.31. The number of hydrogen-bond donors (Lipinski definition) is 1. The van der Waals surface area contributed by atoms with Gasteiger partial charge in [-0.05, 0) is 89.9 Å². The smallest absolute Gasteiger partial charge is 0.362 e. The lowest BCUT2D eigenvalue weighted by molar-refractivity contribution is -0.887. The highest BCUT2D eigenvalue weighted by molar-refractivity contribution is 5.72. The molecule has 8 heteroatoms. The Morgan fingerprint density at radius 3 is 1.41 bits per heavy atom. The van der Waals surface area contributed by atoms with Crippen molar-refractivity contribution in [3.8, 4) is 0 Å².